The van der Waals surface area contributed by atoms with Crippen LogP contribution >= 0.6 is 0 Å². The van der Waals surface area contributed by atoms with Gasteiger partial charge in [0.05, 0.1) is 5.60 Å². The molecule has 1 saturated heterocycles. The van der Waals surface area contributed by atoms with Crippen molar-refractivity contribution < 1.29 is 14.6 Å². The highest BCUT2D eigenvalue weighted by Crippen LogP contribution is 2.39. The van der Waals surface area contributed by atoms with Crippen LogP contribution in [-0.4, -0.2) is 55.4 Å². The van der Waals surface area contributed by atoms with Gasteiger partial charge in [-0.2, -0.15) is 0 Å². The lowest BCUT2D eigenvalue weighted by Crippen LogP contribution is -2.53. The largest absolute Gasteiger partial charge is 0.385 e. The Kier molecular flexibility index (Phi) is 10.5. The van der Waals surface area contributed by atoms with Crippen molar-refractivity contribution in [2.45, 2.75) is 82.3 Å². The fourth-order valence-corrected chi connectivity index (χ4v) is 5.81. The molecule has 186 valence electrons. The van der Waals surface area contributed by atoms with Crippen molar-refractivity contribution in [3.8, 4) is 0 Å². The standard InChI is InChI=1S/C27H45N3O3/c1-33-18-9-8-16-27(32,23-13-6-3-7-14-23)24-15-10-17-30(21-24)26(31)29-25(20-28)19-22-11-4-2-5-12-22/h3,6-7,13-14,22,24-25,32H,2,4-5,8-12,15-21,28H2,1H3,(H,29,31)/t24?,25-,27?/m0/s1. The number of hydrogen-bond donors (Lipinski definition) is 3. The van der Waals surface area contributed by atoms with E-state index in [0.717, 1.165) is 44.2 Å². The monoisotopic (exact) mass is 459 g/mol. The number of piperidine rings is 1. The second-order valence-corrected chi connectivity index (χ2v) is 10.1. The first-order chi connectivity index (χ1) is 16.1. The van der Waals surface area contributed by atoms with Crippen LogP contribution in [0.25, 0.3) is 0 Å². The minimum absolute atomic E-state index is 0.0108. The third-order valence-electron chi connectivity index (χ3n) is 7.77. The number of hydrogen-bond acceptors (Lipinski definition) is 4. The van der Waals surface area contributed by atoms with E-state index in [2.05, 4.69) is 5.32 Å². The summed E-state index contributed by atoms with van der Waals surface area (Å²) in [6.07, 6.45) is 11.7. The summed E-state index contributed by atoms with van der Waals surface area (Å²) in [7, 11) is 1.71. The number of methoxy groups -OCH3 is 1. The number of rotatable bonds is 11. The van der Waals surface area contributed by atoms with E-state index in [0.29, 0.717) is 32.0 Å². The Hall–Kier alpha value is -1.63. The maximum absolute atomic E-state index is 13.2. The molecule has 3 atom stereocenters. The van der Waals surface area contributed by atoms with Gasteiger partial charge in [-0.05, 0) is 50.0 Å². The van der Waals surface area contributed by atoms with Crippen LogP contribution < -0.4 is 11.1 Å². The summed E-state index contributed by atoms with van der Waals surface area (Å²) >= 11 is 0. The average Bonchev–Trinajstić information content (AvgIpc) is 2.87. The molecule has 1 aromatic carbocycles. The van der Waals surface area contributed by atoms with Crippen LogP contribution in [0, 0.1) is 11.8 Å². The molecule has 6 heteroatoms. The van der Waals surface area contributed by atoms with Gasteiger partial charge in [0.15, 0.2) is 0 Å². The molecule has 2 aliphatic rings. The molecule has 2 amide bonds. The summed E-state index contributed by atoms with van der Waals surface area (Å²) in [4.78, 5) is 15.1. The van der Waals surface area contributed by atoms with Gasteiger partial charge in [-0.15, -0.1) is 0 Å². The summed E-state index contributed by atoms with van der Waals surface area (Å²) in [5.74, 6) is 0.689. The maximum atomic E-state index is 13.2. The molecule has 1 saturated carbocycles. The van der Waals surface area contributed by atoms with E-state index >= 15 is 0 Å². The summed E-state index contributed by atoms with van der Waals surface area (Å²) < 4.78 is 5.21. The third kappa shape index (κ3) is 7.43. The molecule has 1 heterocycles. The zero-order valence-corrected chi connectivity index (χ0v) is 20.5. The van der Waals surface area contributed by atoms with E-state index < -0.39 is 5.60 Å². The van der Waals surface area contributed by atoms with E-state index in [1.807, 2.05) is 35.2 Å². The number of carbonyl (C=O) groups is 1. The Morgan fingerprint density at radius 2 is 1.94 bits per heavy atom. The van der Waals surface area contributed by atoms with Gasteiger partial charge in [0, 0.05) is 45.3 Å². The predicted octanol–water partition coefficient (Wildman–Crippen LogP) is 4.41. The summed E-state index contributed by atoms with van der Waals surface area (Å²) in [5.41, 5.74) is 6.05. The fourth-order valence-electron chi connectivity index (χ4n) is 5.81. The van der Waals surface area contributed by atoms with E-state index in [9.17, 15) is 9.90 Å². The number of urea groups is 1. The number of benzene rings is 1. The quantitative estimate of drug-likeness (QED) is 0.428. The van der Waals surface area contributed by atoms with Crippen molar-refractivity contribution in [1.29, 1.82) is 0 Å². The highest BCUT2D eigenvalue weighted by atomic mass is 16.5. The van der Waals surface area contributed by atoms with Gasteiger partial charge in [-0.25, -0.2) is 4.79 Å². The number of nitrogens with one attached hydrogen (secondary N) is 1. The Bertz CT molecular complexity index is 695. The van der Waals surface area contributed by atoms with E-state index in [1.165, 1.54) is 32.1 Å². The molecule has 2 fully saturated rings. The van der Waals surface area contributed by atoms with Gasteiger partial charge in [0.1, 0.15) is 0 Å². The van der Waals surface area contributed by atoms with Gasteiger partial charge in [-0.3, -0.25) is 0 Å². The molecule has 3 rings (SSSR count). The van der Waals surface area contributed by atoms with Crippen LogP contribution in [0.5, 0.6) is 0 Å². The molecule has 1 aliphatic heterocycles. The SMILES string of the molecule is COCCCCC(O)(c1ccccc1)C1CCCN(C(=O)N[C@H](CN)CC2CCCCC2)C1. The van der Waals surface area contributed by atoms with E-state index in [4.69, 9.17) is 10.5 Å². The lowest BCUT2D eigenvalue weighted by atomic mass is 9.74. The Labute approximate surface area is 200 Å². The molecule has 0 spiro atoms. The fraction of sp³-hybridized carbons (Fsp3) is 0.741. The van der Waals surface area contributed by atoms with Gasteiger partial charge in [0.25, 0.3) is 0 Å². The summed E-state index contributed by atoms with van der Waals surface area (Å²) in [5, 5.41) is 15.2. The molecule has 1 aliphatic carbocycles. The molecule has 6 nitrogen and oxygen atoms in total. The molecule has 33 heavy (non-hydrogen) atoms. The van der Waals surface area contributed by atoms with Crippen LogP contribution in [0.15, 0.2) is 30.3 Å². The Balaban J connectivity index is 1.63. The molecule has 2 unspecified atom stereocenters. The van der Waals surface area contributed by atoms with Crippen molar-refractivity contribution in [3.63, 3.8) is 0 Å². The molecule has 0 bridgehead atoms. The number of amides is 2. The van der Waals surface area contributed by atoms with Gasteiger partial charge >= 0.3 is 6.03 Å². The second-order valence-electron chi connectivity index (χ2n) is 10.1. The van der Waals surface area contributed by atoms with Crippen molar-refractivity contribution in [2.24, 2.45) is 17.6 Å². The van der Waals surface area contributed by atoms with Crippen LogP contribution in [0.1, 0.15) is 76.2 Å². The van der Waals surface area contributed by atoms with Crippen LogP contribution in [0.4, 0.5) is 4.79 Å². The van der Waals surface area contributed by atoms with Gasteiger partial charge in [0.2, 0.25) is 0 Å². The van der Waals surface area contributed by atoms with Crippen LogP contribution in [-0.2, 0) is 10.3 Å². The maximum Gasteiger partial charge on any atom is 0.317 e. The normalized spacial score (nSPS) is 22.5. The molecule has 1 aromatic rings. The van der Waals surface area contributed by atoms with Crippen molar-refractivity contribution >= 4 is 6.03 Å². The Morgan fingerprint density at radius 3 is 2.64 bits per heavy atom. The lowest BCUT2D eigenvalue weighted by Gasteiger charge is -2.43. The highest BCUT2D eigenvalue weighted by Gasteiger charge is 2.41. The molecule has 0 aromatic heterocycles. The number of unbranched alkanes of at least 4 members (excludes halogenated alkanes) is 1. The topological polar surface area (TPSA) is 87.8 Å². The van der Waals surface area contributed by atoms with Crippen molar-refractivity contribution in [3.05, 3.63) is 35.9 Å². The summed E-state index contributed by atoms with van der Waals surface area (Å²) in [6, 6.07) is 9.99. The van der Waals surface area contributed by atoms with Crippen molar-refractivity contribution in [2.75, 3.05) is 33.4 Å². The zero-order valence-electron chi connectivity index (χ0n) is 20.5. The molecule has 0 radical (unpaired) electrons. The highest BCUT2D eigenvalue weighted by molar-refractivity contribution is 5.74. The number of ether oxygens (including phenoxy) is 1. The summed E-state index contributed by atoms with van der Waals surface area (Å²) in [6.45, 7) is 2.48. The molecule has 4 N–H and O–H groups in total. The minimum Gasteiger partial charge on any atom is -0.385 e. The van der Waals surface area contributed by atoms with Crippen LogP contribution in [0.3, 0.4) is 0 Å². The van der Waals surface area contributed by atoms with Crippen LogP contribution in [0.2, 0.25) is 0 Å². The first-order valence-corrected chi connectivity index (χ1v) is 13.1. The van der Waals surface area contributed by atoms with Crippen molar-refractivity contribution in [1.82, 2.24) is 10.2 Å². The molecular formula is C27H45N3O3. The Morgan fingerprint density at radius 1 is 1.18 bits per heavy atom. The number of aliphatic hydroxyl groups is 1. The third-order valence-corrected chi connectivity index (χ3v) is 7.77. The number of carbonyl (C=O) groups excluding carboxylic acids is 1. The predicted molar refractivity (Wildman–Crippen MR) is 133 cm³/mol. The van der Waals surface area contributed by atoms with Gasteiger partial charge in [-0.1, -0.05) is 62.4 Å². The van der Waals surface area contributed by atoms with E-state index in [1.54, 1.807) is 7.11 Å². The molecular weight excluding hydrogens is 414 g/mol. The first-order valence-electron chi connectivity index (χ1n) is 13.1. The number of nitrogens with zero attached hydrogens (tertiary/aromatic N) is 1. The lowest BCUT2D eigenvalue weighted by molar-refractivity contribution is -0.0564. The second kappa shape index (κ2) is 13.3. The van der Waals surface area contributed by atoms with E-state index in [-0.39, 0.29) is 18.0 Å². The number of likely N-dealkylation sites (tertiary alicyclic amines) is 1. The number of nitrogens with two attached hydrogens (primary N) is 1. The first kappa shape index (κ1) is 26.0. The average molecular weight is 460 g/mol. The minimum atomic E-state index is -0.941. The van der Waals surface area contributed by atoms with Gasteiger partial charge < -0.3 is 25.8 Å². The smallest absolute Gasteiger partial charge is 0.317 e. The zero-order chi connectivity index (χ0) is 23.5.